The van der Waals surface area contributed by atoms with Crippen molar-refractivity contribution in [2.24, 2.45) is 0 Å². The van der Waals surface area contributed by atoms with Crippen molar-refractivity contribution in [2.75, 3.05) is 5.32 Å². The summed E-state index contributed by atoms with van der Waals surface area (Å²) in [5, 5.41) is 21.4. The van der Waals surface area contributed by atoms with Gasteiger partial charge in [0.05, 0.1) is 11.3 Å². The fourth-order valence-corrected chi connectivity index (χ4v) is 1.67. The zero-order valence-electron chi connectivity index (χ0n) is 9.52. The summed E-state index contributed by atoms with van der Waals surface area (Å²) in [4.78, 5) is 11.9. The van der Waals surface area contributed by atoms with Crippen LogP contribution in [0.3, 0.4) is 0 Å². The molecule has 98 valence electrons. The van der Waals surface area contributed by atoms with Gasteiger partial charge in [-0.2, -0.15) is 0 Å². The molecular formula is C13H9ClFNO3. The summed E-state index contributed by atoms with van der Waals surface area (Å²) in [6, 6.07) is 7.62. The van der Waals surface area contributed by atoms with Gasteiger partial charge in [-0.3, -0.25) is 4.79 Å². The van der Waals surface area contributed by atoms with Crippen LogP contribution in [-0.4, -0.2) is 16.1 Å². The van der Waals surface area contributed by atoms with Crippen LogP contribution in [0.25, 0.3) is 0 Å². The van der Waals surface area contributed by atoms with Crippen LogP contribution in [0.1, 0.15) is 10.4 Å². The molecule has 6 heteroatoms. The number of phenols is 2. The first-order valence-corrected chi connectivity index (χ1v) is 5.64. The number of benzene rings is 2. The Kier molecular flexibility index (Phi) is 3.57. The summed E-state index contributed by atoms with van der Waals surface area (Å²) in [7, 11) is 0. The number of para-hydroxylation sites is 1. The molecule has 0 radical (unpaired) electrons. The second-order valence-corrected chi connectivity index (χ2v) is 4.19. The average Bonchev–Trinajstić information content (AvgIpc) is 2.37. The van der Waals surface area contributed by atoms with Crippen molar-refractivity contribution in [1.82, 2.24) is 0 Å². The van der Waals surface area contributed by atoms with Gasteiger partial charge in [-0.25, -0.2) is 4.39 Å². The topological polar surface area (TPSA) is 69.6 Å². The number of hydrogen-bond acceptors (Lipinski definition) is 3. The van der Waals surface area contributed by atoms with Crippen molar-refractivity contribution in [3.8, 4) is 11.5 Å². The maximum absolute atomic E-state index is 13.4. The third kappa shape index (κ3) is 2.77. The molecule has 0 saturated carbocycles. The lowest BCUT2D eigenvalue weighted by Crippen LogP contribution is -2.13. The molecule has 0 spiro atoms. The van der Waals surface area contributed by atoms with E-state index < -0.39 is 23.2 Å². The molecule has 0 aliphatic heterocycles. The average molecular weight is 282 g/mol. The van der Waals surface area contributed by atoms with Crippen molar-refractivity contribution in [3.05, 3.63) is 52.8 Å². The van der Waals surface area contributed by atoms with E-state index in [0.29, 0.717) is 0 Å². The molecule has 0 fully saturated rings. The first kappa shape index (κ1) is 13.2. The molecule has 19 heavy (non-hydrogen) atoms. The van der Waals surface area contributed by atoms with Crippen molar-refractivity contribution in [1.29, 1.82) is 0 Å². The molecular weight excluding hydrogens is 273 g/mol. The maximum atomic E-state index is 13.4. The number of aromatic hydroxyl groups is 2. The summed E-state index contributed by atoms with van der Waals surface area (Å²) in [6.45, 7) is 0. The molecule has 2 aromatic rings. The van der Waals surface area contributed by atoms with Gasteiger partial charge in [0.25, 0.3) is 5.91 Å². The third-order valence-corrected chi connectivity index (χ3v) is 2.67. The first-order chi connectivity index (χ1) is 8.99. The van der Waals surface area contributed by atoms with E-state index in [2.05, 4.69) is 5.32 Å². The molecule has 0 aromatic heterocycles. The number of rotatable bonds is 2. The Morgan fingerprint density at radius 2 is 1.95 bits per heavy atom. The van der Waals surface area contributed by atoms with Gasteiger partial charge < -0.3 is 15.5 Å². The lowest BCUT2D eigenvalue weighted by atomic mass is 10.1. The van der Waals surface area contributed by atoms with Gasteiger partial charge in [0.15, 0.2) is 11.5 Å². The highest BCUT2D eigenvalue weighted by molar-refractivity contribution is 6.31. The number of carbonyl (C=O) groups is 1. The molecule has 0 bridgehead atoms. The Morgan fingerprint density at radius 1 is 1.21 bits per heavy atom. The van der Waals surface area contributed by atoms with E-state index in [0.717, 1.165) is 6.07 Å². The predicted molar refractivity (Wildman–Crippen MR) is 69.1 cm³/mol. The Bertz CT molecular complexity index is 646. The zero-order valence-corrected chi connectivity index (χ0v) is 10.3. The van der Waals surface area contributed by atoms with Crippen LogP contribution in [0.15, 0.2) is 36.4 Å². The van der Waals surface area contributed by atoms with E-state index in [1.165, 1.54) is 30.3 Å². The van der Waals surface area contributed by atoms with Crippen molar-refractivity contribution >= 4 is 23.2 Å². The molecule has 0 heterocycles. The van der Waals surface area contributed by atoms with Gasteiger partial charge >= 0.3 is 0 Å². The van der Waals surface area contributed by atoms with Crippen LogP contribution in [0.2, 0.25) is 5.02 Å². The predicted octanol–water partition coefficient (Wildman–Crippen LogP) is 3.14. The van der Waals surface area contributed by atoms with E-state index >= 15 is 0 Å². The van der Waals surface area contributed by atoms with Crippen LogP contribution < -0.4 is 5.32 Å². The minimum Gasteiger partial charge on any atom is -0.504 e. The summed E-state index contributed by atoms with van der Waals surface area (Å²) >= 11 is 5.70. The molecule has 0 aliphatic rings. The molecule has 1 amide bonds. The highest BCUT2D eigenvalue weighted by Crippen LogP contribution is 2.29. The van der Waals surface area contributed by atoms with E-state index in [-0.39, 0.29) is 16.3 Å². The molecule has 0 atom stereocenters. The van der Waals surface area contributed by atoms with Gasteiger partial charge in [-0.05, 0) is 30.3 Å². The number of hydrogen-bond donors (Lipinski definition) is 3. The lowest BCUT2D eigenvalue weighted by Gasteiger charge is -2.08. The molecule has 2 aromatic carbocycles. The van der Waals surface area contributed by atoms with Gasteiger partial charge in [0.2, 0.25) is 0 Å². The van der Waals surface area contributed by atoms with Crippen molar-refractivity contribution in [3.63, 3.8) is 0 Å². The van der Waals surface area contributed by atoms with Crippen LogP contribution in [0.4, 0.5) is 10.1 Å². The molecule has 0 aliphatic carbocycles. The SMILES string of the molecule is O=C(Nc1cc(Cl)ccc1F)c1cccc(O)c1O. The number of halogens is 2. The zero-order chi connectivity index (χ0) is 14.0. The van der Waals surface area contributed by atoms with E-state index in [9.17, 15) is 19.4 Å². The number of phenolic OH excluding ortho intramolecular Hbond substituents is 2. The molecule has 3 N–H and O–H groups in total. The summed E-state index contributed by atoms with van der Waals surface area (Å²) < 4.78 is 13.4. The van der Waals surface area contributed by atoms with Crippen LogP contribution in [0.5, 0.6) is 11.5 Å². The maximum Gasteiger partial charge on any atom is 0.259 e. The van der Waals surface area contributed by atoms with Crippen LogP contribution >= 0.6 is 11.6 Å². The Hall–Kier alpha value is -2.27. The molecule has 0 saturated heterocycles. The van der Waals surface area contributed by atoms with Crippen LogP contribution in [0, 0.1) is 5.82 Å². The Morgan fingerprint density at radius 3 is 2.68 bits per heavy atom. The standard InChI is InChI=1S/C13H9ClFNO3/c14-7-4-5-9(15)10(6-7)16-13(19)8-2-1-3-11(17)12(8)18/h1-6,17-18H,(H,16,19). The number of anilines is 1. The number of nitrogens with one attached hydrogen (secondary N) is 1. The highest BCUT2D eigenvalue weighted by Gasteiger charge is 2.15. The smallest absolute Gasteiger partial charge is 0.259 e. The summed E-state index contributed by atoms with van der Waals surface area (Å²) in [5.41, 5.74) is -0.278. The normalized spacial score (nSPS) is 10.2. The summed E-state index contributed by atoms with van der Waals surface area (Å²) in [5.74, 6) is -2.41. The highest BCUT2D eigenvalue weighted by atomic mass is 35.5. The second kappa shape index (κ2) is 5.16. The number of amides is 1. The van der Waals surface area contributed by atoms with Crippen LogP contribution in [-0.2, 0) is 0 Å². The first-order valence-electron chi connectivity index (χ1n) is 5.26. The fourth-order valence-electron chi connectivity index (χ4n) is 1.50. The van der Waals surface area contributed by atoms with Gasteiger partial charge in [0.1, 0.15) is 5.82 Å². The molecule has 2 rings (SSSR count). The van der Waals surface area contributed by atoms with E-state index in [4.69, 9.17) is 11.6 Å². The van der Waals surface area contributed by atoms with Crippen molar-refractivity contribution < 1.29 is 19.4 Å². The Labute approximate surface area is 113 Å². The fraction of sp³-hybridized carbons (Fsp3) is 0. The van der Waals surface area contributed by atoms with Gasteiger partial charge in [-0.15, -0.1) is 0 Å². The number of carbonyl (C=O) groups excluding carboxylic acids is 1. The molecule has 4 nitrogen and oxygen atoms in total. The van der Waals surface area contributed by atoms with Gasteiger partial charge in [0, 0.05) is 5.02 Å². The Balaban J connectivity index is 2.31. The minimum atomic E-state index is -0.755. The lowest BCUT2D eigenvalue weighted by molar-refractivity contribution is 0.102. The van der Waals surface area contributed by atoms with Gasteiger partial charge in [-0.1, -0.05) is 17.7 Å². The molecule has 0 unspecified atom stereocenters. The largest absolute Gasteiger partial charge is 0.504 e. The monoisotopic (exact) mass is 281 g/mol. The van der Waals surface area contributed by atoms with E-state index in [1.807, 2.05) is 0 Å². The quantitative estimate of drug-likeness (QED) is 0.741. The summed E-state index contributed by atoms with van der Waals surface area (Å²) in [6.07, 6.45) is 0. The van der Waals surface area contributed by atoms with E-state index in [1.54, 1.807) is 0 Å². The third-order valence-electron chi connectivity index (χ3n) is 2.44. The minimum absolute atomic E-state index is 0.111. The van der Waals surface area contributed by atoms with Crippen molar-refractivity contribution in [2.45, 2.75) is 0 Å². The second-order valence-electron chi connectivity index (χ2n) is 3.75.